The van der Waals surface area contributed by atoms with E-state index in [1.807, 2.05) is 25.1 Å². The Morgan fingerprint density at radius 3 is 2.55 bits per heavy atom. The predicted molar refractivity (Wildman–Crippen MR) is 131 cm³/mol. The molecule has 6 nitrogen and oxygen atoms in total. The van der Waals surface area contributed by atoms with Crippen molar-refractivity contribution in [3.63, 3.8) is 0 Å². The predicted octanol–water partition coefficient (Wildman–Crippen LogP) is 4.57. The number of methoxy groups -OCH3 is 1. The van der Waals surface area contributed by atoms with Gasteiger partial charge >= 0.3 is 0 Å². The average Bonchev–Trinajstić information content (AvgIpc) is 2.88. The van der Waals surface area contributed by atoms with Crippen molar-refractivity contribution in [2.45, 2.75) is 38.5 Å². The lowest BCUT2D eigenvalue weighted by Crippen LogP contribution is -2.46. The number of nitrogens with zero attached hydrogens (tertiary/aromatic N) is 4. The maximum atomic E-state index is 13.3. The smallest absolute Gasteiger partial charge is 0.226 e. The quantitative estimate of drug-likeness (QED) is 0.590. The molecule has 1 atom stereocenters. The highest BCUT2D eigenvalue weighted by molar-refractivity contribution is 5.83. The molecular weight excluding hydrogens is 412 g/mol. The fraction of sp³-hybridized carbons (Fsp3) is 0.444. The molecule has 33 heavy (non-hydrogen) atoms. The van der Waals surface area contributed by atoms with Gasteiger partial charge in [-0.25, -0.2) is 9.97 Å². The summed E-state index contributed by atoms with van der Waals surface area (Å²) in [6.45, 7) is 5.37. The SMILES string of the molecule is COc1ccc2c(C)nc(N3CCC(C(=O)N4CCCC(c5ccccc5)C4)CC3)nc2c1. The van der Waals surface area contributed by atoms with Gasteiger partial charge in [0.05, 0.1) is 18.3 Å². The van der Waals surface area contributed by atoms with Gasteiger partial charge in [0, 0.05) is 49.5 Å². The number of piperidine rings is 2. The van der Waals surface area contributed by atoms with Crippen LogP contribution in [0.25, 0.3) is 10.9 Å². The first kappa shape index (κ1) is 21.7. The largest absolute Gasteiger partial charge is 0.497 e. The highest BCUT2D eigenvalue weighted by Crippen LogP contribution is 2.30. The summed E-state index contributed by atoms with van der Waals surface area (Å²) in [5, 5.41) is 1.04. The number of carbonyl (C=O) groups is 1. The van der Waals surface area contributed by atoms with Crippen molar-refractivity contribution in [1.29, 1.82) is 0 Å². The van der Waals surface area contributed by atoms with Gasteiger partial charge in [-0.1, -0.05) is 30.3 Å². The number of likely N-dealkylation sites (tertiary alicyclic amines) is 1. The number of anilines is 1. The first-order chi connectivity index (χ1) is 16.1. The zero-order valence-electron chi connectivity index (χ0n) is 19.5. The zero-order valence-corrected chi connectivity index (χ0v) is 19.5. The Labute approximate surface area is 195 Å². The van der Waals surface area contributed by atoms with Crippen molar-refractivity contribution in [3.05, 3.63) is 59.8 Å². The van der Waals surface area contributed by atoms with Crippen LogP contribution in [0.15, 0.2) is 48.5 Å². The minimum atomic E-state index is 0.0948. The Morgan fingerprint density at radius 1 is 1.00 bits per heavy atom. The molecule has 1 unspecified atom stereocenters. The molecular formula is C27H32N4O2. The summed E-state index contributed by atoms with van der Waals surface area (Å²) >= 11 is 0. The van der Waals surface area contributed by atoms with Crippen LogP contribution in [0, 0.1) is 12.8 Å². The number of amides is 1. The molecule has 0 bridgehead atoms. The molecule has 2 aromatic carbocycles. The second-order valence-corrected chi connectivity index (χ2v) is 9.29. The molecule has 5 rings (SSSR count). The molecule has 6 heteroatoms. The highest BCUT2D eigenvalue weighted by atomic mass is 16.5. The summed E-state index contributed by atoms with van der Waals surface area (Å²) in [7, 11) is 1.67. The van der Waals surface area contributed by atoms with Crippen molar-refractivity contribution < 1.29 is 9.53 Å². The third-order valence-electron chi connectivity index (χ3n) is 7.21. The van der Waals surface area contributed by atoms with Gasteiger partial charge in [-0.2, -0.15) is 0 Å². The van der Waals surface area contributed by atoms with Crippen LogP contribution in [0.1, 0.15) is 42.9 Å². The molecule has 0 radical (unpaired) electrons. The molecule has 3 aromatic rings. The minimum Gasteiger partial charge on any atom is -0.497 e. The van der Waals surface area contributed by atoms with Crippen LogP contribution in [0.3, 0.4) is 0 Å². The normalized spacial score (nSPS) is 19.6. The lowest BCUT2D eigenvalue weighted by Gasteiger charge is -2.38. The third-order valence-corrected chi connectivity index (χ3v) is 7.21. The summed E-state index contributed by atoms with van der Waals surface area (Å²) in [5.74, 6) is 2.43. The standard InChI is InChI=1S/C27H32N4O2/c1-19-24-11-10-23(33-2)17-25(24)29-27(28-19)30-15-12-21(13-16-30)26(32)31-14-6-9-22(18-31)20-7-4-3-5-8-20/h3-5,7-8,10-11,17,21-22H,6,9,12-16,18H2,1-2H3. The van der Waals surface area contributed by atoms with Crippen LogP contribution in [0.5, 0.6) is 5.75 Å². The van der Waals surface area contributed by atoms with E-state index in [4.69, 9.17) is 14.7 Å². The zero-order chi connectivity index (χ0) is 22.8. The summed E-state index contributed by atoms with van der Waals surface area (Å²) in [5.41, 5.74) is 3.22. The van der Waals surface area contributed by atoms with Gasteiger partial charge < -0.3 is 14.5 Å². The highest BCUT2D eigenvalue weighted by Gasteiger charge is 2.32. The van der Waals surface area contributed by atoms with Gasteiger partial charge in [0.25, 0.3) is 0 Å². The molecule has 2 aliphatic rings. The van der Waals surface area contributed by atoms with E-state index in [0.717, 1.165) is 80.2 Å². The van der Waals surface area contributed by atoms with Gasteiger partial charge in [-0.3, -0.25) is 4.79 Å². The van der Waals surface area contributed by atoms with Crippen LogP contribution in [-0.4, -0.2) is 54.1 Å². The second-order valence-electron chi connectivity index (χ2n) is 9.29. The van der Waals surface area contributed by atoms with Crippen molar-refractivity contribution in [3.8, 4) is 5.75 Å². The Bertz CT molecular complexity index is 1130. The number of hydrogen-bond acceptors (Lipinski definition) is 5. The Balaban J connectivity index is 1.24. The fourth-order valence-corrected chi connectivity index (χ4v) is 5.28. The van der Waals surface area contributed by atoms with E-state index < -0.39 is 0 Å². The number of rotatable bonds is 4. The molecule has 0 N–H and O–H groups in total. The fourth-order valence-electron chi connectivity index (χ4n) is 5.28. The first-order valence-corrected chi connectivity index (χ1v) is 12.0. The molecule has 1 amide bonds. The molecule has 2 saturated heterocycles. The van der Waals surface area contributed by atoms with Crippen molar-refractivity contribution in [2.24, 2.45) is 5.92 Å². The van der Waals surface area contributed by atoms with Crippen LogP contribution in [-0.2, 0) is 4.79 Å². The van der Waals surface area contributed by atoms with E-state index in [9.17, 15) is 4.79 Å². The second kappa shape index (κ2) is 9.38. The Hall–Kier alpha value is -3.15. The lowest BCUT2D eigenvalue weighted by molar-refractivity contribution is -0.137. The first-order valence-electron chi connectivity index (χ1n) is 12.0. The molecule has 2 fully saturated rings. The molecule has 0 aliphatic carbocycles. The van der Waals surface area contributed by atoms with Crippen molar-refractivity contribution in [1.82, 2.24) is 14.9 Å². The number of benzene rings is 2. The minimum absolute atomic E-state index is 0.0948. The lowest BCUT2D eigenvalue weighted by atomic mass is 9.88. The van der Waals surface area contributed by atoms with E-state index in [0.29, 0.717) is 11.8 Å². The summed E-state index contributed by atoms with van der Waals surface area (Å²) in [6, 6.07) is 16.6. The van der Waals surface area contributed by atoms with Crippen LogP contribution in [0.4, 0.5) is 5.95 Å². The van der Waals surface area contributed by atoms with Gasteiger partial charge in [-0.05, 0) is 50.3 Å². The molecule has 1 aromatic heterocycles. The Kier molecular flexibility index (Phi) is 6.16. The topological polar surface area (TPSA) is 58.6 Å². The van der Waals surface area contributed by atoms with Crippen molar-refractivity contribution >= 4 is 22.8 Å². The molecule has 0 saturated carbocycles. The Morgan fingerprint density at radius 2 is 1.79 bits per heavy atom. The molecule has 2 aliphatic heterocycles. The summed E-state index contributed by atoms with van der Waals surface area (Å²) in [6.07, 6.45) is 3.95. The monoisotopic (exact) mass is 444 g/mol. The maximum absolute atomic E-state index is 13.3. The van der Waals surface area contributed by atoms with Gasteiger partial charge in [0.1, 0.15) is 5.75 Å². The van der Waals surface area contributed by atoms with E-state index in [1.54, 1.807) is 7.11 Å². The van der Waals surface area contributed by atoms with Gasteiger partial charge in [0.15, 0.2) is 0 Å². The molecule has 0 spiro atoms. The number of ether oxygens (including phenoxy) is 1. The van der Waals surface area contributed by atoms with Crippen LogP contribution >= 0.6 is 0 Å². The van der Waals surface area contributed by atoms with E-state index in [1.165, 1.54) is 5.56 Å². The van der Waals surface area contributed by atoms with E-state index in [2.05, 4.69) is 40.1 Å². The number of carbonyl (C=O) groups excluding carboxylic acids is 1. The number of fused-ring (bicyclic) bond motifs is 1. The van der Waals surface area contributed by atoms with Gasteiger partial charge in [-0.15, -0.1) is 0 Å². The van der Waals surface area contributed by atoms with Crippen LogP contribution in [0.2, 0.25) is 0 Å². The summed E-state index contributed by atoms with van der Waals surface area (Å²) in [4.78, 5) is 27.2. The number of aryl methyl sites for hydroxylation is 1. The van der Waals surface area contributed by atoms with E-state index in [-0.39, 0.29) is 5.92 Å². The van der Waals surface area contributed by atoms with E-state index >= 15 is 0 Å². The number of aromatic nitrogens is 2. The third kappa shape index (κ3) is 4.52. The van der Waals surface area contributed by atoms with Gasteiger partial charge in [0.2, 0.25) is 11.9 Å². The maximum Gasteiger partial charge on any atom is 0.226 e. The van der Waals surface area contributed by atoms with Crippen molar-refractivity contribution in [2.75, 3.05) is 38.2 Å². The number of hydrogen-bond donors (Lipinski definition) is 0. The van der Waals surface area contributed by atoms with Crippen LogP contribution < -0.4 is 9.64 Å². The average molecular weight is 445 g/mol. The summed E-state index contributed by atoms with van der Waals surface area (Å²) < 4.78 is 5.37. The molecule has 3 heterocycles. The molecule has 172 valence electrons.